The fraction of sp³-hybridized carbons (Fsp3) is 0.455. The number of ether oxygens (including phenoxy) is 1. The molecule has 0 saturated carbocycles. The zero-order valence-electron chi connectivity index (χ0n) is 8.02. The van der Waals surface area contributed by atoms with Crippen LogP contribution >= 0.6 is 0 Å². The van der Waals surface area contributed by atoms with E-state index in [-0.39, 0.29) is 12.6 Å². The Morgan fingerprint density at radius 2 is 2.29 bits per heavy atom. The van der Waals surface area contributed by atoms with Crippen LogP contribution in [0.25, 0.3) is 0 Å². The van der Waals surface area contributed by atoms with E-state index in [1.54, 1.807) is 0 Å². The van der Waals surface area contributed by atoms with Gasteiger partial charge in [0.05, 0.1) is 25.9 Å². The fourth-order valence-electron chi connectivity index (χ4n) is 1.58. The molecular formula is C11H15NO2. The van der Waals surface area contributed by atoms with Gasteiger partial charge in [0.25, 0.3) is 0 Å². The Labute approximate surface area is 83.5 Å². The molecule has 0 amide bonds. The molecule has 1 unspecified atom stereocenters. The molecule has 1 fully saturated rings. The van der Waals surface area contributed by atoms with Crippen molar-refractivity contribution in [3.05, 3.63) is 35.4 Å². The lowest BCUT2D eigenvalue weighted by Gasteiger charge is -2.27. The van der Waals surface area contributed by atoms with E-state index < -0.39 is 0 Å². The molecule has 14 heavy (non-hydrogen) atoms. The van der Waals surface area contributed by atoms with Crippen LogP contribution < -0.4 is 5.73 Å². The predicted molar refractivity (Wildman–Crippen MR) is 54.0 cm³/mol. The molecule has 1 aromatic carbocycles. The van der Waals surface area contributed by atoms with Gasteiger partial charge in [0.2, 0.25) is 0 Å². The topological polar surface area (TPSA) is 55.5 Å². The smallest absolute Gasteiger partial charge is 0.0624 e. The van der Waals surface area contributed by atoms with Crippen LogP contribution in [-0.2, 0) is 4.74 Å². The van der Waals surface area contributed by atoms with Gasteiger partial charge in [0.1, 0.15) is 0 Å². The molecule has 0 spiro atoms. The zero-order chi connectivity index (χ0) is 9.97. The van der Waals surface area contributed by atoms with Gasteiger partial charge in [-0.2, -0.15) is 0 Å². The summed E-state index contributed by atoms with van der Waals surface area (Å²) in [6.45, 7) is 1.60. The first-order valence-corrected chi connectivity index (χ1v) is 4.85. The maximum Gasteiger partial charge on any atom is 0.0624 e. The monoisotopic (exact) mass is 193 g/mol. The Bertz CT molecular complexity index is 290. The highest BCUT2D eigenvalue weighted by molar-refractivity contribution is 5.29. The Morgan fingerprint density at radius 3 is 2.86 bits per heavy atom. The molecule has 1 atom stereocenters. The first-order chi connectivity index (χ1) is 6.81. The second-order valence-electron chi connectivity index (χ2n) is 3.69. The van der Waals surface area contributed by atoms with Gasteiger partial charge in [-0.05, 0) is 11.1 Å². The third-order valence-corrected chi connectivity index (χ3v) is 2.65. The standard InChI is InChI=1S/C11H15NO2/c12-11(5-13)9-3-1-2-8(4-9)10-6-14-7-10/h1-4,10-11,13H,5-7,12H2. The minimum atomic E-state index is -0.268. The number of nitrogens with two attached hydrogens (primary N) is 1. The molecule has 3 nitrogen and oxygen atoms in total. The van der Waals surface area contributed by atoms with Crippen molar-refractivity contribution in [1.29, 1.82) is 0 Å². The van der Waals surface area contributed by atoms with Crippen LogP contribution in [0.4, 0.5) is 0 Å². The van der Waals surface area contributed by atoms with Gasteiger partial charge in [0.15, 0.2) is 0 Å². The molecule has 1 saturated heterocycles. The van der Waals surface area contributed by atoms with Gasteiger partial charge in [-0.3, -0.25) is 0 Å². The zero-order valence-corrected chi connectivity index (χ0v) is 8.02. The van der Waals surface area contributed by atoms with Crippen LogP contribution in [0.15, 0.2) is 24.3 Å². The third kappa shape index (κ3) is 1.80. The number of hydrogen-bond acceptors (Lipinski definition) is 3. The fourth-order valence-corrected chi connectivity index (χ4v) is 1.58. The molecular weight excluding hydrogens is 178 g/mol. The molecule has 76 valence electrons. The third-order valence-electron chi connectivity index (χ3n) is 2.65. The van der Waals surface area contributed by atoms with E-state index in [0.29, 0.717) is 5.92 Å². The van der Waals surface area contributed by atoms with E-state index in [4.69, 9.17) is 15.6 Å². The summed E-state index contributed by atoms with van der Waals surface area (Å²) in [4.78, 5) is 0. The van der Waals surface area contributed by atoms with E-state index in [1.165, 1.54) is 5.56 Å². The van der Waals surface area contributed by atoms with Crippen molar-refractivity contribution in [1.82, 2.24) is 0 Å². The van der Waals surface area contributed by atoms with Crippen molar-refractivity contribution in [3.8, 4) is 0 Å². The predicted octanol–water partition coefficient (Wildman–Crippen LogP) is 0.793. The SMILES string of the molecule is NC(CO)c1cccc(C2COC2)c1. The summed E-state index contributed by atoms with van der Waals surface area (Å²) in [7, 11) is 0. The lowest BCUT2D eigenvalue weighted by molar-refractivity contribution is 0.00838. The maximum atomic E-state index is 8.94. The van der Waals surface area contributed by atoms with Gasteiger partial charge in [0, 0.05) is 5.92 Å². The Hall–Kier alpha value is -0.900. The summed E-state index contributed by atoms with van der Waals surface area (Å²) in [6, 6.07) is 7.81. The van der Waals surface area contributed by atoms with Crippen molar-refractivity contribution in [2.45, 2.75) is 12.0 Å². The van der Waals surface area contributed by atoms with E-state index in [2.05, 4.69) is 12.1 Å². The van der Waals surface area contributed by atoms with Crippen LogP contribution in [0.3, 0.4) is 0 Å². The van der Waals surface area contributed by atoms with E-state index in [0.717, 1.165) is 18.8 Å². The first-order valence-electron chi connectivity index (χ1n) is 4.85. The molecule has 0 aromatic heterocycles. The van der Waals surface area contributed by atoms with Crippen molar-refractivity contribution >= 4 is 0 Å². The highest BCUT2D eigenvalue weighted by Gasteiger charge is 2.20. The average molecular weight is 193 g/mol. The lowest BCUT2D eigenvalue weighted by atomic mass is 9.94. The quantitative estimate of drug-likeness (QED) is 0.746. The summed E-state index contributed by atoms with van der Waals surface area (Å²) in [5.41, 5.74) is 8.00. The second kappa shape index (κ2) is 4.09. The van der Waals surface area contributed by atoms with Crippen LogP contribution in [0.2, 0.25) is 0 Å². The van der Waals surface area contributed by atoms with Crippen molar-refractivity contribution in [2.75, 3.05) is 19.8 Å². The molecule has 3 N–H and O–H groups in total. The molecule has 0 radical (unpaired) electrons. The highest BCUT2D eigenvalue weighted by atomic mass is 16.5. The second-order valence-corrected chi connectivity index (χ2v) is 3.69. The van der Waals surface area contributed by atoms with Gasteiger partial charge in [-0.15, -0.1) is 0 Å². The molecule has 1 aliphatic rings. The average Bonchev–Trinajstić information content (AvgIpc) is 2.14. The summed E-state index contributed by atoms with van der Waals surface area (Å²) < 4.78 is 5.14. The van der Waals surface area contributed by atoms with E-state index in [1.807, 2.05) is 12.1 Å². The number of aliphatic hydroxyl groups excluding tert-OH is 1. The van der Waals surface area contributed by atoms with Crippen LogP contribution in [0.5, 0.6) is 0 Å². The van der Waals surface area contributed by atoms with Gasteiger partial charge in [-0.1, -0.05) is 24.3 Å². The van der Waals surface area contributed by atoms with Crippen molar-refractivity contribution in [2.24, 2.45) is 5.73 Å². The van der Waals surface area contributed by atoms with E-state index in [9.17, 15) is 0 Å². The van der Waals surface area contributed by atoms with Gasteiger partial charge in [-0.25, -0.2) is 0 Å². The summed E-state index contributed by atoms with van der Waals surface area (Å²) in [5, 5.41) is 8.94. The minimum absolute atomic E-state index is 0.00931. The maximum absolute atomic E-state index is 8.94. The Balaban J connectivity index is 2.17. The normalized spacial score (nSPS) is 19.0. The van der Waals surface area contributed by atoms with Crippen molar-refractivity contribution < 1.29 is 9.84 Å². The summed E-state index contributed by atoms with van der Waals surface area (Å²) >= 11 is 0. The van der Waals surface area contributed by atoms with Crippen LogP contribution in [0.1, 0.15) is 23.1 Å². The highest BCUT2D eigenvalue weighted by Crippen LogP contribution is 2.25. The molecule has 0 bridgehead atoms. The first kappa shape index (κ1) is 9.65. The molecule has 0 aliphatic carbocycles. The largest absolute Gasteiger partial charge is 0.394 e. The van der Waals surface area contributed by atoms with Crippen molar-refractivity contribution in [3.63, 3.8) is 0 Å². The number of benzene rings is 1. The van der Waals surface area contributed by atoms with Crippen LogP contribution in [0, 0.1) is 0 Å². The van der Waals surface area contributed by atoms with Gasteiger partial charge >= 0.3 is 0 Å². The number of aliphatic hydroxyl groups is 1. The molecule has 1 aliphatic heterocycles. The molecule has 3 heteroatoms. The number of hydrogen-bond donors (Lipinski definition) is 2. The van der Waals surface area contributed by atoms with Gasteiger partial charge < -0.3 is 15.6 Å². The Kier molecular flexibility index (Phi) is 2.82. The van der Waals surface area contributed by atoms with Crippen LogP contribution in [-0.4, -0.2) is 24.9 Å². The molecule has 1 aromatic rings. The minimum Gasteiger partial charge on any atom is -0.394 e. The summed E-state index contributed by atoms with van der Waals surface area (Å²) in [5.74, 6) is 0.515. The Morgan fingerprint density at radius 1 is 1.50 bits per heavy atom. The summed E-state index contributed by atoms with van der Waals surface area (Å²) in [6.07, 6.45) is 0. The molecule has 1 heterocycles. The van der Waals surface area contributed by atoms with E-state index >= 15 is 0 Å². The molecule has 2 rings (SSSR count). The lowest BCUT2D eigenvalue weighted by Crippen LogP contribution is -2.25. The number of rotatable bonds is 3.